The summed E-state index contributed by atoms with van der Waals surface area (Å²) >= 11 is 0. The number of benzene rings is 1. The van der Waals surface area contributed by atoms with Gasteiger partial charge in [0.15, 0.2) is 0 Å². The Balaban J connectivity index is 3.20. The van der Waals surface area contributed by atoms with E-state index in [9.17, 15) is 8.42 Å². The van der Waals surface area contributed by atoms with Gasteiger partial charge in [0.1, 0.15) is 10.6 Å². The van der Waals surface area contributed by atoms with Gasteiger partial charge in [0, 0.05) is 10.7 Å². The lowest BCUT2D eigenvalue weighted by molar-refractivity contribution is 0.331. The average Bonchev–Trinajstić information content (AvgIpc) is 2.04. The summed E-state index contributed by atoms with van der Waals surface area (Å²) in [6, 6.07) is 6.26. The van der Waals surface area contributed by atoms with Gasteiger partial charge in [-0.05, 0) is 19.1 Å². The first-order valence-electron chi connectivity index (χ1n) is 3.72. The molecule has 0 saturated heterocycles. The van der Waals surface area contributed by atoms with Crippen molar-refractivity contribution in [3.05, 3.63) is 24.3 Å². The summed E-state index contributed by atoms with van der Waals surface area (Å²) in [5, 5.41) is 0. The Kier molecular flexibility index (Phi) is 3.17. The van der Waals surface area contributed by atoms with E-state index in [1.54, 1.807) is 25.1 Å². The maximum atomic E-state index is 11.0. The van der Waals surface area contributed by atoms with Crippen molar-refractivity contribution in [2.24, 2.45) is 0 Å². The van der Waals surface area contributed by atoms with Crippen LogP contribution in [0.15, 0.2) is 29.2 Å². The summed E-state index contributed by atoms with van der Waals surface area (Å²) in [6.45, 7) is 2.18. The summed E-state index contributed by atoms with van der Waals surface area (Å²) < 4.78 is 27.1. The van der Waals surface area contributed by atoms with E-state index in [0.29, 0.717) is 12.4 Å². The van der Waals surface area contributed by atoms with E-state index in [0.717, 1.165) is 0 Å². The molecule has 0 aliphatic rings. The predicted molar refractivity (Wildman–Crippen MR) is 50.6 cm³/mol. The number of rotatable bonds is 3. The standard InChI is InChI=1S/C8H9ClO3S/c1-2-12-7-5-3-4-6-8(7)13(9,10)11/h3-6H,2H2,1H3. The molecule has 1 aromatic rings. The number of ether oxygens (including phenoxy) is 1. The lowest BCUT2D eigenvalue weighted by Gasteiger charge is -2.06. The molecule has 0 saturated carbocycles. The van der Waals surface area contributed by atoms with Crippen LogP contribution >= 0.6 is 10.7 Å². The molecule has 0 amide bonds. The van der Waals surface area contributed by atoms with Gasteiger partial charge in [0.05, 0.1) is 6.61 Å². The van der Waals surface area contributed by atoms with Crippen LogP contribution in [0.3, 0.4) is 0 Å². The normalized spacial score (nSPS) is 11.2. The van der Waals surface area contributed by atoms with Crippen LogP contribution in [-0.2, 0) is 9.05 Å². The van der Waals surface area contributed by atoms with Crippen molar-refractivity contribution < 1.29 is 13.2 Å². The fourth-order valence-corrected chi connectivity index (χ4v) is 1.92. The molecule has 0 atom stereocenters. The molecule has 1 rings (SSSR count). The van der Waals surface area contributed by atoms with Crippen LogP contribution in [-0.4, -0.2) is 15.0 Å². The van der Waals surface area contributed by atoms with E-state index in [4.69, 9.17) is 15.4 Å². The third-order valence-corrected chi connectivity index (χ3v) is 2.77. The lowest BCUT2D eigenvalue weighted by atomic mass is 10.3. The Morgan fingerprint density at radius 1 is 1.38 bits per heavy atom. The monoisotopic (exact) mass is 220 g/mol. The summed E-state index contributed by atoms with van der Waals surface area (Å²) in [7, 11) is 1.48. The lowest BCUT2D eigenvalue weighted by Crippen LogP contribution is -1.98. The van der Waals surface area contributed by atoms with Crippen LogP contribution in [0.4, 0.5) is 0 Å². The first-order valence-corrected chi connectivity index (χ1v) is 6.03. The second kappa shape index (κ2) is 3.98. The number of hydrogen-bond acceptors (Lipinski definition) is 3. The fourth-order valence-electron chi connectivity index (χ4n) is 0.926. The highest BCUT2D eigenvalue weighted by atomic mass is 35.7. The smallest absolute Gasteiger partial charge is 0.264 e. The maximum Gasteiger partial charge on any atom is 0.264 e. The van der Waals surface area contributed by atoms with Gasteiger partial charge in [0.2, 0.25) is 0 Å². The van der Waals surface area contributed by atoms with Crippen molar-refractivity contribution in [2.45, 2.75) is 11.8 Å². The minimum Gasteiger partial charge on any atom is -0.492 e. The van der Waals surface area contributed by atoms with E-state index in [2.05, 4.69) is 0 Å². The van der Waals surface area contributed by atoms with Crippen LogP contribution < -0.4 is 4.74 Å². The van der Waals surface area contributed by atoms with Crippen molar-refractivity contribution in [3.8, 4) is 5.75 Å². The van der Waals surface area contributed by atoms with Gasteiger partial charge in [-0.15, -0.1) is 0 Å². The molecule has 0 N–H and O–H groups in total. The van der Waals surface area contributed by atoms with E-state index < -0.39 is 9.05 Å². The van der Waals surface area contributed by atoms with Crippen molar-refractivity contribution in [2.75, 3.05) is 6.61 Å². The van der Waals surface area contributed by atoms with Gasteiger partial charge < -0.3 is 4.74 Å². The zero-order valence-electron chi connectivity index (χ0n) is 7.03. The van der Waals surface area contributed by atoms with Gasteiger partial charge in [-0.3, -0.25) is 0 Å². The molecule has 1 aromatic carbocycles. The molecular weight excluding hydrogens is 212 g/mol. The number of hydrogen-bond donors (Lipinski definition) is 0. The Morgan fingerprint density at radius 2 is 2.00 bits per heavy atom. The minimum atomic E-state index is -3.71. The molecular formula is C8H9ClO3S. The highest BCUT2D eigenvalue weighted by Crippen LogP contribution is 2.26. The van der Waals surface area contributed by atoms with Gasteiger partial charge in [0.25, 0.3) is 9.05 Å². The molecule has 5 heteroatoms. The summed E-state index contributed by atoms with van der Waals surface area (Å²) in [5.41, 5.74) is 0. The Bertz CT molecular complexity index is 386. The second-order valence-corrected chi connectivity index (χ2v) is 4.85. The average molecular weight is 221 g/mol. The molecule has 0 aliphatic heterocycles. The largest absolute Gasteiger partial charge is 0.492 e. The quantitative estimate of drug-likeness (QED) is 0.732. The third-order valence-electron chi connectivity index (χ3n) is 1.41. The zero-order chi connectivity index (χ0) is 9.90. The molecule has 0 aliphatic carbocycles. The minimum absolute atomic E-state index is 0.0125. The molecule has 0 heterocycles. The van der Waals surface area contributed by atoms with E-state index in [-0.39, 0.29) is 4.90 Å². The zero-order valence-corrected chi connectivity index (χ0v) is 8.60. The SMILES string of the molecule is CCOc1ccccc1S(=O)(=O)Cl. The molecule has 0 fully saturated rings. The van der Waals surface area contributed by atoms with Crippen LogP contribution in [0.1, 0.15) is 6.92 Å². The molecule has 0 unspecified atom stereocenters. The predicted octanol–water partition coefficient (Wildman–Crippen LogP) is 2.01. The third kappa shape index (κ3) is 2.60. The number of para-hydroxylation sites is 1. The molecule has 0 radical (unpaired) electrons. The van der Waals surface area contributed by atoms with Gasteiger partial charge in [-0.1, -0.05) is 12.1 Å². The first kappa shape index (κ1) is 10.3. The van der Waals surface area contributed by atoms with Gasteiger partial charge in [-0.25, -0.2) is 8.42 Å². The second-order valence-electron chi connectivity index (χ2n) is 2.32. The van der Waals surface area contributed by atoms with E-state index in [1.165, 1.54) is 6.07 Å². The molecule has 0 bridgehead atoms. The summed E-state index contributed by atoms with van der Waals surface area (Å²) in [6.07, 6.45) is 0. The number of halogens is 1. The maximum absolute atomic E-state index is 11.0. The molecule has 13 heavy (non-hydrogen) atoms. The Hall–Kier alpha value is -0.740. The molecule has 0 aromatic heterocycles. The molecule has 3 nitrogen and oxygen atoms in total. The van der Waals surface area contributed by atoms with Crippen LogP contribution in [0.5, 0.6) is 5.75 Å². The summed E-state index contributed by atoms with van der Waals surface area (Å²) in [4.78, 5) is 0.0125. The summed E-state index contributed by atoms with van der Waals surface area (Å²) in [5.74, 6) is 0.292. The van der Waals surface area contributed by atoms with E-state index >= 15 is 0 Å². The highest BCUT2D eigenvalue weighted by molar-refractivity contribution is 8.13. The van der Waals surface area contributed by atoms with Crippen molar-refractivity contribution in [3.63, 3.8) is 0 Å². The fraction of sp³-hybridized carbons (Fsp3) is 0.250. The van der Waals surface area contributed by atoms with Crippen LogP contribution in [0.2, 0.25) is 0 Å². The first-order chi connectivity index (χ1) is 6.05. The van der Waals surface area contributed by atoms with Crippen LogP contribution in [0, 0.1) is 0 Å². The van der Waals surface area contributed by atoms with Crippen molar-refractivity contribution in [1.82, 2.24) is 0 Å². The Morgan fingerprint density at radius 3 is 2.54 bits per heavy atom. The van der Waals surface area contributed by atoms with Gasteiger partial charge in [-0.2, -0.15) is 0 Å². The molecule has 72 valence electrons. The molecule has 0 spiro atoms. The van der Waals surface area contributed by atoms with Crippen molar-refractivity contribution >= 4 is 19.7 Å². The van der Waals surface area contributed by atoms with E-state index in [1.807, 2.05) is 0 Å². The highest BCUT2D eigenvalue weighted by Gasteiger charge is 2.15. The Labute approximate surface area is 81.7 Å². The van der Waals surface area contributed by atoms with Crippen LogP contribution in [0.25, 0.3) is 0 Å². The van der Waals surface area contributed by atoms with Gasteiger partial charge >= 0.3 is 0 Å². The van der Waals surface area contributed by atoms with Crippen molar-refractivity contribution in [1.29, 1.82) is 0 Å². The topological polar surface area (TPSA) is 43.4 Å².